The number of pyridine rings is 1. The summed E-state index contributed by atoms with van der Waals surface area (Å²) >= 11 is 6.26. The molecule has 2 heterocycles. The van der Waals surface area contributed by atoms with Gasteiger partial charge in [-0.1, -0.05) is 23.8 Å². The number of halogens is 1. The molecule has 2 aromatic heterocycles. The number of hydrogen-bond acceptors (Lipinski definition) is 2. The summed E-state index contributed by atoms with van der Waals surface area (Å²) in [5.41, 5.74) is 1.70. The van der Waals surface area contributed by atoms with Crippen molar-refractivity contribution in [3.05, 3.63) is 47.5 Å². The Labute approximate surface area is 111 Å². The van der Waals surface area contributed by atoms with Gasteiger partial charge in [0.2, 0.25) is 0 Å². The maximum atomic E-state index is 10.6. The van der Waals surface area contributed by atoms with Crippen LogP contribution >= 0.6 is 11.6 Å². The predicted molar refractivity (Wildman–Crippen MR) is 71.6 cm³/mol. The number of rotatable bonds is 2. The van der Waals surface area contributed by atoms with Crippen LogP contribution in [-0.4, -0.2) is 14.5 Å². The molecule has 94 valence electrons. The van der Waals surface area contributed by atoms with Gasteiger partial charge in [-0.15, -0.1) is 0 Å². The first-order chi connectivity index (χ1) is 8.77. The van der Waals surface area contributed by atoms with Gasteiger partial charge in [0.1, 0.15) is 0 Å². The summed E-state index contributed by atoms with van der Waals surface area (Å²) < 4.78 is 1.89. The third-order valence-corrected chi connectivity index (χ3v) is 3.96. The molecule has 0 bridgehead atoms. The van der Waals surface area contributed by atoms with E-state index in [9.17, 15) is 5.11 Å². The summed E-state index contributed by atoms with van der Waals surface area (Å²) in [4.78, 5) is 4.11. The van der Waals surface area contributed by atoms with Crippen molar-refractivity contribution in [3.8, 4) is 0 Å². The van der Waals surface area contributed by atoms with E-state index in [2.05, 4.69) is 17.1 Å². The zero-order valence-electron chi connectivity index (χ0n) is 9.96. The van der Waals surface area contributed by atoms with E-state index < -0.39 is 6.10 Å². The van der Waals surface area contributed by atoms with Gasteiger partial charge < -0.3 is 9.51 Å². The number of aromatic nitrogens is 2. The van der Waals surface area contributed by atoms with E-state index in [-0.39, 0.29) is 5.92 Å². The average molecular weight is 263 g/mol. The summed E-state index contributed by atoms with van der Waals surface area (Å²) in [6.07, 6.45) is 12.1. The van der Waals surface area contributed by atoms with Crippen LogP contribution in [0.15, 0.2) is 36.9 Å². The molecule has 0 spiro atoms. The van der Waals surface area contributed by atoms with Crippen LogP contribution in [0.3, 0.4) is 0 Å². The fourth-order valence-electron chi connectivity index (χ4n) is 2.62. The molecule has 2 unspecified atom stereocenters. The third-order valence-electron chi connectivity index (χ3n) is 3.63. The Morgan fingerprint density at radius 2 is 2.33 bits per heavy atom. The lowest BCUT2D eigenvalue weighted by molar-refractivity contribution is 0.104. The van der Waals surface area contributed by atoms with Gasteiger partial charge in [-0.2, -0.15) is 0 Å². The van der Waals surface area contributed by atoms with Gasteiger partial charge in [0, 0.05) is 16.8 Å². The van der Waals surface area contributed by atoms with Gasteiger partial charge >= 0.3 is 0 Å². The highest BCUT2D eigenvalue weighted by Crippen LogP contribution is 2.36. The topological polar surface area (TPSA) is 37.5 Å². The van der Waals surface area contributed by atoms with E-state index in [1.165, 1.54) is 0 Å². The van der Waals surface area contributed by atoms with Crippen molar-refractivity contribution >= 4 is 17.1 Å². The van der Waals surface area contributed by atoms with E-state index in [1.54, 1.807) is 12.5 Å². The lowest BCUT2D eigenvalue weighted by atomic mass is 9.86. The predicted octanol–water partition coefficient (Wildman–Crippen LogP) is 3.38. The Hall–Kier alpha value is -1.32. The molecule has 0 radical (unpaired) electrons. The summed E-state index contributed by atoms with van der Waals surface area (Å²) in [6, 6.07) is 1.81. The fourth-order valence-corrected chi connectivity index (χ4v) is 2.89. The first kappa shape index (κ1) is 11.8. The Bertz CT molecular complexity index is 590. The van der Waals surface area contributed by atoms with Gasteiger partial charge in [-0.25, -0.2) is 4.98 Å². The van der Waals surface area contributed by atoms with Crippen molar-refractivity contribution in [3.63, 3.8) is 0 Å². The van der Waals surface area contributed by atoms with Crippen molar-refractivity contribution in [1.82, 2.24) is 9.38 Å². The molecule has 0 saturated carbocycles. The lowest BCUT2D eigenvalue weighted by Crippen LogP contribution is -2.15. The van der Waals surface area contributed by atoms with Crippen molar-refractivity contribution in [2.45, 2.75) is 25.4 Å². The molecule has 1 aliphatic carbocycles. The number of imidazole rings is 1. The zero-order valence-corrected chi connectivity index (χ0v) is 10.7. The molecule has 3 nitrogen and oxygen atoms in total. The summed E-state index contributed by atoms with van der Waals surface area (Å²) in [6.45, 7) is 0. The van der Waals surface area contributed by atoms with Crippen molar-refractivity contribution < 1.29 is 5.11 Å². The van der Waals surface area contributed by atoms with Crippen molar-refractivity contribution in [1.29, 1.82) is 0 Å². The minimum atomic E-state index is -0.525. The fraction of sp³-hybridized carbons (Fsp3) is 0.357. The Kier molecular flexibility index (Phi) is 3.10. The molecule has 18 heavy (non-hydrogen) atoms. The maximum Gasteiger partial charge on any atom is 0.0992 e. The molecule has 4 heteroatoms. The quantitative estimate of drug-likeness (QED) is 0.843. The van der Waals surface area contributed by atoms with Gasteiger partial charge in [-0.3, -0.25) is 0 Å². The average Bonchev–Trinajstić information content (AvgIpc) is 2.87. The Morgan fingerprint density at radius 1 is 1.44 bits per heavy atom. The maximum absolute atomic E-state index is 10.6. The van der Waals surface area contributed by atoms with Crippen LogP contribution in [0.4, 0.5) is 0 Å². The van der Waals surface area contributed by atoms with E-state index in [1.807, 2.05) is 16.7 Å². The highest BCUT2D eigenvalue weighted by atomic mass is 35.5. The monoisotopic (exact) mass is 262 g/mol. The summed E-state index contributed by atoms with van der Waals surface area (Å²) in [5, 5.41) is 11.2. The molecule has 0 aromatic carbocycles. The second kappa shape index (κ2) is 4.75. The van der Waals surface area contributed by atoms with E-state index >= 15 is 0 Å². The number of aliphatic hydroxyl groups is 1. The molecule has 1 N–H and O–H groups in total. The Balaban J connectivity index is 2.04. The van der Waals surface area contributed by atoms with E-state index in [0.717, 1.165) is 30.3 Å². The van der Waals surface area contributed by atoms with Gasteiger partial charge in [0.15, 0.2) is 0 Å². The normalized spacial score (nSPS) is 21.3. The number of hydrogen-bond donors (Lipinski definition) is 1. The molecule has 0 fully saturated rings. The second-order valence-electron chi connectivity index (χ2n) is 4.75. The highest BCUT2D eigenvalue weighted by molar-refractivity contribution is 6.31. The van der Waals surface area contributed by atoms with Gasteiger partial charge in [0.05, 0.1) is 24.1 Å². The van der Waals surface area contributed by atoms with Crippen LogP contribution in [-0.2, 0) is 0 Å². The SMILES string of the molecule is OC(c1c(Cl)ccn2cncc12)C1CC=CCC1. The van der Waals surface area contributed by atoms with Crippen LogP contribution in [0.25, 0.3) is 5.52 Å². The molecule has 3 rings (SSSR count). The molecule has 1 aliphatic rings. The second-order valence-corrected chi connectivity index (χ2v) is 5.16. The first-order valence-electron chi connectivity index (χ1n) is 6.20. The lowest BCUT2D eigenvalue weighted by Gasteiger charge is -2.25. The molecule has 0 amide bonds. The summed E-state index contributed by atoms with van der Waals surface area (Å²) in [5.74, 6) is 0.244. The number of fused-ring (bicyclic) bond motifs is 1. The number of nitrogens with zero attached hydrogens (tertiary/aromatic N) is 2. The molecule has 2 aromatic rings. The van der Waals surface area contributed by atoms with Gasteiger partial charge in [0.25, 0.3) is 0 Å². The van der Waals surface area contributed by atoms with Crippen LogP contribution in [0.2, 0.25) is 5.02 Å². The largest absolute Gasteiger partial charge is 0.388 e. The number of allylic oxidation sites excluding steroid dienone is 2. The highest BCUT2D eigenvalue weighted by Gasteiger charge is 2.25. The number of aliphatic hydroxyl groups excluding tert-OH is 1. The van der Waals surface area contributed by atoms with Crippen molar-refractivity contribution in [2.24, 2.45) is 5.92 Å². The molecular formula is C14H15ClN2O. The minimum Gasteiger partial charge on any atom is -0.388 e. The van der Waals surface area contributed by atoms with Crippen LogP contribution < -0.4 is 0 Å². The van der Waals surface area contributed by atoms with Crippen molar-refractivity contribution in [2.75, 3.05) is 0 Å². The molecule has 2 atom stereocenters. The Morgan fingerprint density at radius 3 is 3.11 bits per heavy atom. The van der Waals surface area contributed by atoms with Gasteiger partial charge in [-0.05, 0) is 31.2 Å². The standard InChI is InChI=1S/C14H15ClN2O/c15-11-6-7-17-9-16-8-12(17)13(11)14(18)10-4-2-1-3-5-10/h1-2,6-10,14,18H,3-5H2. The summed E-state index contributed by atoms with van der Waals surface area (Å²) in [7, 11) is 0. The molecule has 0 aliphatic heterocycles. The molecule has 0 saturated heterocycles. The molecular weight excluding hydrogens is 248 g/mol. The first-order valence-corrected chi connectivity index (χ1v) is 6.58. The van der Waals surface area contributed by atoms with Crippen LogP contribution in [0, 0.1) is 5.92 Å². The zero-order chi connectivity index (χ0) is 12.5. The minimum absolute atomic E-state index is 0.244. The van der Waals surface area contributed by atoms with Crippen LogP contribution in [0.5, 0.6) is 0 Å². The van der Waals surface area contributed by atoms with Crippen LogP contribution in [0.1, 0.15) is 30.9 Å². The van der Waals surface area contributed by atoms with E-state index in [0.29, 0.717) is 5.02 Å². The van der Waals surface area contributed by atoms with E-state index in [4.69, 9.17) is 11.6 Å². The smallest absolute Gasteiger partial charge is 0.0992 e. The third kappa shape index (κ3) is 1.93.